The molecule has 178 valence electrons. The zero-order chi connectivity index (χ0) is 25.0. The first kappa shape index (κ1) is 22.9. The second-order valence-corrected chi connectivity index (χ2v) is 10.5. The van der Waals surface area contributed by atoms with E-state index in [0.29, 0.717) is 24.9 Å². The molecule has 4 aromatic rings. The van der Waals surface area contributed by atoms with E-state index in [2.05, 4.69) is 12.1 Å². The van der Waals surface area contributed by atoms with E-state index in [1.807, 2.05) is 18.2 Å². The van der Waals surface area contributed by atoms with Gasteiger partial charge in [-0.1, -0.05) is 77.0 Å². The van der Waals surface area contributed by atoms with E-state index in [4.69, 9.17) is 28.2 Å². The summed E-state index contributed by atoms with van der Waals surface area (Å²) in [5.74, 6) is 0. The van der Waals surface area contributed by atoms with Crippen molar-refractivity contribution in [1.82, 2.24) is 4.57 Å². The lowest BCUT2D eigenvalue weighted by atomic mass is 9.83. The van der Waals surface area contributed by atoms with Crippen molar-refractivity contribution >= 4 is 52.0 Å². The number of aromatic nitrogens is 1. The first-order chi connectivity index (χ1) is 17.4. The molecule has 0 N–H and O–H groups in total. The van der Waals surface area contributed by atoms with Gasteiger partial charge in [-0.15, -0.1) is 0 Å². The number of nitro benzene ring substituents is 1. The first-order valence-electron chi connectivity index (χ1n) is 11.2. The van der Waals surface area contributed by atoms with Crippen LogP contribution in [0, 0.1) is 10.1 Å². The summed E-state index contributed by atoms with van der Waals surface area (Å²) in [7, 11) is 0. The number of aryl methyl sites for hydroxylation is 1. The SMILES string of the molecule is O=c1c(=Cc2cccc([N+](=O)[O-])c2)sc2n1C(c1ccc(Cl)cc1Cl)C1=C(N=2)c2ccccc2CC1. The second-order valence-electron chi connectivity index (χ2n) is 8.63. The van der Waals surface area contributed by atoms with Crippen LogP contribution in [0.3, 0.4) is 0 Å². The largest absolute Gasteiger partial charge is 0.272 e. The highest BCUT2D eigenvalue weighted by atomic mass is 35.5. The van der Waals surface area contributed by atoms with Crippen molar-refractivity contribution in [2.45, 2.75) is 18.9 Å². The number of hydrogen-bond acceptors (Lipinski definition) is 5. The van der Waals surface area contributed by atoms with Crippen LogP contribution in [0.4, 0.5) is 5.69 Å². The van der Waals surface area contributed by atoms with Crippen LogP contribution in [0.15, 0.2) is 82.1 Å². The summed E-state index contributed by atoms with van der Waals surface area (Å²) in [6, 6.07) is 19.3. The molecule has 1 atom stereocenters. The first-order valence-corrected chi connectivity index (χ1v) is 12.8. The van der Waals surface area contributed by atoms with Gasteiger partial charge in [-0.05, 0) is 53.3 Å². The highest BCUT2D eigenvalue weighted by Gasteiger charge is 2.33. The highest BCUT2D eigenvalue weighted by Crippen LogP contribution is 2.43. The fourth-order valence-electron chi connectivity index (χ4n) is 4.90. The van der Waals surface area contributed by atoms with Gasteiger partial charge < -0.3 is 0 Å². The maximum absolute atomic E-state index is 13.8. The van der Waals surface area contributed by atoms with Crippen LogP contribution in [0.2, 0.25) is 10.0 Å². The monoisotopic (exact) mass is 533 g/mol. The number of rotatable bonds is 3. The van der Waals surface area contributed by atoms with Gasteiger partial charge in [0.2, 0.25) is 0 Å². The van der Waals surface area contributed by atoms with Crippen molar-refractivity contribution < 1.29 is 4.92 Å². The van der Waals surface area contributed by atoms with Gasteiger partial charge in [-0.25, -0.2) is 4.99 Å². The Morgan fingerprint density at radius 3 is 2.69 bits per heavy atom. The van der Waals surface area contributed by atoms with E-state index in [-0.39, 0.29) is 11.2 Å². The number of benzene rings is 3. The molecule has 1 unspecified atom stereocenters. The zero-order valence-electron chi connectivity index (χ0n) is 18.7. The van der Waals surface area contributed by atoms with Crippen LogP contribution in [-0.2, 0) is 6.42 Å². The molecule has 1 aliphatic heterocycles. The molecule has 0 radical (unpaired) electrons. The Hall–Kier alpha value is -3.52. The lowest BCUT2D eigenvalue weighted by Crippen LogP contribution is -2.38. The van der Waals surface area contributed by atoms with Crippen molar-refractivity contribution in [2.24, 2.45) is 4.99 Å². The van der Waals surface area contributed by atoms with Crippen molar-refractivity contribution in [1.29, 1.82) is 0 Å². The van der Waals surface area contributed by atoms with Gasteiger partial charge in [-0.2, -0.15) is 0 Å². The van der Waals surface area contributed by atoms with E-state index in [0.717, 1.165) is 35.2 Å². The van der Waals surface area contributed by atoms with E-state index in [1.165, 1.54) is 29.0 Å². The smallest absolute Gasteiger partial charge is 0.271 e. The molecule has 3 aromatic carbocycles. The van der Waals surface area contributed by atoms with Crippen molar-refractivity contribution in [3.8, 4) is 0 Å². The standard InChI is InChI=1S/C27H17Cl2N3O3S/c28-17-9-11-20(22(29)14-17)25-21-10-8-16-5-1-2-7-19(16)24(21)30-27-31(25)26(33)23(36-27)13-15-4-3-6-18(12-15)32(34)35/h1-7,9,11-14,25H,8,10H2. The van der Waals surface area contributed by atoms with Crippen molar-refractivity contribution in [3.63, 3.8) is 0 Å². The van der Waals surface area contributed by atoms with Gasteiger partial charge in [-0.3, -0.25) is 19.5 Å². The predicted octanol–water partition coefficient (Wildman–Crippen LogP) is 5.53. The minimum atomic E-state index is -0.451. The van der Waals surface area contributed by atoms with Crippen LogP contribution in [-0.4, -0.2) is 9.49 Å². The molecule has 0 saturated heterocycles. The third-order valence-electron chi connectivity index (χ3n) is 6.51. The molecule has 0 bridgehead atoms. The van der Waals surface area contributed by atoms with Crippen LogP contribution < -0.4 is 14.9 Å². The molecule has 2 aliphatic rings. The number of allylic oxidation sites excluding steroid dienone is 1. The number of nitrogens with zero attached hydrogens (tertiary/aromatic N) is 3. The van der Waals surface area contributed by atoms with Gasteiger partial charge in [0, 0.05) is 27.7 Å². The third-order valence-corrected chi connectivity index (χ3v) is 8.05. The number of non-ortho nitro benzene ring substituents is 1. The zero-order valence-corrected chi connectivity index (χ0v) is 21.0. The molecule has 1 aliphatic carbocycles. The van der Waals surface area contributed by atoms with Crippen molar-refractivity contribution in [3.05, 3.63) is 134 Å². The highest BCUT2D eigenvalue weighted by molar-refractivity contribution is 7.07. The van der Waals surface area contributed by atoms with Gasteiger partial charge >= 0.3 is 0 Å². The Bertz CT molecular complexity index is 1790. The van der Waals surface area contributed by atoms with Crippen molar-refractivity contribution in [2.75, 3.05) is 0 Å². The topological polar surface area (TPSA) is 77.5 Å². The number of fused-ring (bicyclic) bond motifs is 3. The molecule has 0 fully saturated rings. The molecule has 2 heterocycles. The fraction of sp³-hybridized carbons (Fsp3) is 0.111. The third kappa shape index (κ3) is 3.80. The Balaban J connectivity index is 1.62. The molecular weight excluding hydrogens is 517 g/mol. The molecular formula is C27H17Cl2N3O3S. The molecule has 6 nitrogen and oxygen atoms in total. The maximum Gasteiger partial charge on any atom is 0.271 e. The summed E-state index contributed by atoms with van der Waals surface area (Å²) in [6.07, 6.45) is 3.26. The van der Waals surface area contributed by atoms with E-state index in [1.54, 1.807) is 34.9 Å². The van der Waals surface area contributed by atoms with Gasteiger partial charge in [0.1, 0.15) is 0 Å². The average Bonchev–Trinajstić information content (AvgIpc) is 3.17. The Morgan fingerprint density at radius 1 is 1.06 bits per heavy atom. The summed E-state index contributed by atoms with van der Waals surface area (Å²) in [6.45, 7) is 0. The van der Waals surface area contributed by atoms with E-state index < -0.39 is 11.0 Å². The molecule has 36 heavy (non-hydrogen) atoms. The van der Waals surface area contributed by atoms with Crippen LogP contribution >= 0.6 is 34.5 Å². The Morgan fingerprint density at radius 2 is 1.89 bits per heavy atom. The normalized spacial score (nSPS) is 16.7. The predicted molar refractivity (Wildman–Crippen MR) is 142 cm³/mol. The van der Waals surface area contributed by atoms with Crippen LogP contribution in [0.5, 0.6) is 0 Å². The lowest BCUT2D eigenvalue weighted by Gasteiger charge is -2.31. The number of thiazole rings is 1. The second kappa shape index (κ2) is 8.85. The summed E-state index contributed by atoms with van der Waals surface area (Å²) in [5, 5.41) is 12.2. The minimum Gasteiger partial charge on any atom is -0.272 e. The average molecular weight is 534 g/mol. The number of halogens is 2. The number of nitro groups is 1. The number of hydrogen-bond donors (Lipinski definition) is 0. The fourth-order valence-corrected chi connectivity index (χ4v) is 6.41. The minimum absolute atomic E-state index is 0.0329. The summed E-state index contributed by atoms with van der Waals surface area (Å²) in [5.41, 5.74) is 5.29. The van der Waals surface area contributed by atoms with Crippen LogP contribution in [0.25, 0.3) is 11.8 Å². The molecule has 0 saturated carbocycles. The molecule has 1 aromatic heterocycles. The van der Waals surface area contributed by atoms with E-state index >= 15 is 0 Å². The Kier molecular flexibility index (Phi) is 5.63. The van der Waals surface area contributed by atoms with Gasteiger partial charge in [0.15, 0.2) is 4.80 Å². The summed E-state index contributed by atoms with van der Waals surface area (Å²) >= 11 is 14.1. The van der Waals surface area contributed by atoms with Gasteiger partial charge in [0.05, 0.1) is 21.2 Å². The maximum atomic E-state index is 13.8. The molecule has 9 heteroatoms. The Labute approximate surface area is 219 Å². The molecule has 0 spiro atoms. The van der Waals surface area contributed by atoms with E-state index in [9.17, 15) is 14.9 Å². The molecule has 6 rings (SSSR count). The lowest BCUT2D eigenvalue weighted by molar-refractivity contribution is -0.384. The quantitative estimate of drug-likeness (QED) is 0.256. The van der Waals surface area contributed by atoms with Crippen LogP contribution in [0.1, 0.15) is 34.7 Å². The van der Waals surface area contributed by atoms with Gasteiger partial charge in [0.25, 0.3) is 11.2 Å². The molecule has 0 amide bonds. The summed E-state index contributed by atoms with van der Waals surface area (Å²) < 4.78 is 2.13. The summed E-state index contributed by atoms with van der Waals surface area (Å²) in [4.78, 5) is 30.1.